The molecule has 0 heterocycles. The van der Waals surface area contributed by atoms with Gasteiger partial charge in [-0.3, -0.25) is 4.39 Å². The van der Waals surface area contributed by atoms with Crippen LogP contribution in [0.25, 0.3) is 0 Å². The Balaban J connectivity index is 0. The second-order valence-corrected chi connectivity index (χ2v) is 2.51. The number of hydrogen-bond donors (Lipinski definition) is 0. The third-order valence-electron chi connectivity index (χ3n) is 1.12. The number of para-hydroxylation sites is 1. The van der Waals surface area contributed by atoms with Crippen molar-refractivity contribution in [2.24, 2.45) is 0 Å². The maximum absolute atomic E-state index is 12.8. The number of hydrogen-bond acceptors (Lipinski definition) is 1. The second kappa shape index (κ2) is 7.59. The van der Waals surface area contributed by atoms with Crippen LogP contribution in [0.5, 0.6) is 5.75 Å². The van der Waals surface area contributed by atoms with Crippen molar-refractivity contribution in [2.75, 3.05) is 0 Å². The molecule has 0 unspecified atom stereocenters. The molecule has 1 nitrogen and oxygen atoms in total. The van der Waals surface area contributed by atoms with Crippen LogP contribution >= 0.6 is 0 Å². The first-order chi connectivity index (χ1) is 5.20. The second-order valence-electron chi connectivity index (χ2n) is 2.51. The van der Waals surface area contributed by atoms with Crippen molar-refractivity contribution < 1.29 is 26.1 Å². The van der Waals surface area contributed by atoms with Crippen molar-refractivity contribution in [3.8, 4) is 5.75 Å². The van der Waals surface area contributed by atoms with Gasteiger partial charge in [0.2, 0.25) is 0 Å². The van der Waals surface area contributed by atoms with Crippen LogP contribution in [0, 0.1) is 11.9 Å². The van der Waals surface area contributed by atoms with Crippen molar-refractivity contribution in [3.05, 3.63) is 30.1 Å². The molecule has 0 bridgehead atoms. The number of benzene rings is 1. The maximum atomic E-state index is 12.8. The fourth-order valence-corrected chi connectivity index (χ4v) is 0.727. The molecule has 0 aliphatic rings. The fourth-order valence-electron chi connectivity index (χ4n) is 0.727. The first-order valence-corrected chi connectivity index (χ1v) is 3.53. The van der Waals surface area contributed by atoms with Crippen LogP contribution in [0.2, 0.25) is 0 Å². The van der Waals surface area contributed by atoms with Gasteiger partial charge in [-0.1, -0.05) is 0 Å². The van der Waals surface area contributed by atoms with Crippen LogP contribution in [-0.4, -0.2) is 29.2 Å². The molecule has 68 valence electrons. The van der Waals surface area contributed by atoms with E-state index < -0.39 is 0 Å². The summed E-state index contributed by atoms with van der Waals surface area (Å²) < 4.78 is 17.9. The summed E-state index contributed by atoms with van der Waals surface area (Å²) in [4.78, 5) is 0. The number of halogens is 2. The predicted molar refractivity (Wildman–Crippen MR) is 46.8 cm³/mol. The van der Waals surface area contributed by atoms with Gasteiger partial charge in [-0.15, -0.1) is 12.1 Å². The van der Waals surface area contributed by atoms with Crippen molar-refractivity contribution in [1.29, 1.82) is 0 Å². The summed E-state index contributed by atoms with van der Waals surface area (Å²) in [6.45, 7) is 3.70. The van der Waals surface area contributed by atoms with Gasteiger partial charge in [0.15, 0.2) is 0 Å². The van der Waals surface area contributed by atoms with Crippen LogP contribution in [0.3, 0.4) is 0 Å². The Morgan fingerprint density at radius 3 is 2.54 bits per heavy atom. The standard InChI is InChI=1S/C9H10FO.BrH.Mg/c1-7(2)11-9-6-4-3-5-8(9)10;;/h3-5,7H,1-2H3;1H;/q-1;;+2/p-1. The minimum absolute atomic E-state index is 0. The SMILES string of the molecule is CC(C)Oc1[c-]cccc1F.[Br-].[Mg+2]. The van der Waals surface area contributed by atoms with E-state index >= 15 is 0 Å². The van der Waals surface area contributed by atoms with Crippen LogP contribution < -0.4 is 21.7 Å². The average Bonchev–Trinajstić information content (AvgIpc) is 1.93. The molecule has 0 amide bonds. The van der Waals surface area contributed by atoms with Gasteiger partial charge in [0.1, 0.15) is 0 Å². The van der Waals surface area contributed by atoms with Gasteiger partial charge in [-0.05, 0) is 13.8 Å². The van der Waals surface area contributed by atoms with E-state index in [1.807, 2.05) is 13.8 Å². The monoisotopic (exact) mass is 256 g/mol. The minimum atomic E-state index is -0.360. The van der Waals surface area contributed by atoms with E-state index in [4.69, 9.17) is 4.74 Å². The molecule has 0 radical (unpaired) electrons. The van der Waals surface area contributed by atoms with Gasteiger partial charge in [-0.25, -0.2) is 0 Å². The van der Waals surface area contributed by atoms with Crippen molar-refractivity contribution >= 4 is 23.1 Å². The van der Waals surface area contributed by atoms with Gasteiger partial charge in [0, 0.05) is 11.6 Å². The van der Waals surface area contributed by atoms with E-state index in [0.717, 1.165) is 0 Å². The summed E-state index contributed by atoms with van der Waals surface area (Å²) in [7, 11) is 0. The molecule has 0 atom stereocenters. The van der Waals surface area contributed by atoms with Crippen molar-refractivity contribution in [2.45, 2.75) is 20.0 Å². The Kier molecular flexibility index (Phi) is 9.14. The topological polar surface area (TPSA) is 9.23 Å². The summed E-state index contributed by atoms with van der Waals surface area (Å²) in [5.41, 5.74) is 0. The van der Waals surface area contributed by atoms with Gasteiger partial charge >= 0.3 is 23.1 Å². The average molecular weight is 257 g/mol. The van der Waals surface area contributed by atoms with Crippen LogP contribution in [0.15, 0.2) is 18.2 Å². The normalized spacial score (nSPS) is 8.62. The Bertz CT molecular complexity index is 243. The number of rotatable bonds is 2. The fraction of sp³-hybridized carbons (Fsp3) is 0.333. The molecular formula is C9H10BrFMgO. The summed E-state index contributed by atoms with van der Waals surface area (Å²) in [5.74, 6) is -0.163. The third-order valence-corrected chi connectivity index (χ3v) is 1.12. The molecule has 0 fully saturated rings. The van der Waals surface area contributed by atoms with Gasteiger partial charge in [0.05, 0.1) is 6.10 Å². The first kappa shape index (κ1) is 15.7. The van der Waals surface area contributed by atoms with E-state index in [1.54, 1.807) is 12.1 Å². The molecule has 0 saturated carbocycles. The smallest absolute Gasteiger partial charge is 1.00 e. The molecular weight excluding hydrogens is 247 g/mol. The summed E-state index contributed by atoms with van der Waals surface area (Å²) >= 11 is 0. The molecule has 0 saturated heterocycles. The Morgan fingerprint density at radius 1 is 1.46 bits per heavy atom. The van der Waals surface area contributed by atoms with Crippen LogP contribution in [0.1, 0.15) is 13.8 Å². The van der Waals surface area contributed by atoms with Gasteiger partial charge in [0.25, 0.3) is 0 Å². The minimum Gasteiger partial charge on any atom is -1.00 e. The van der Waals surface area contributed by atoms with Crippen LogP contribution in [0.4, 0.5) is 4.39 Å². The zero-order chi connectivity index (χ0) is 8.27. The molecule has 13 heavy (non-hydrogen) atoms. The van der Waals surface area contributed by atoms with E-state index in [1.165, 1.54) is 6.07 Å². The quantitative estimate of drug-likeness (QED) is 0.490. The van der Waals surface area contributed by atoms with E-state index in [9.17, 15) is 4.39 Å². The Hall–Kier alpha value is 0.196. The maximum Gasteiger partial charge on any atom is 2.00 e. The molecule has 0 spiro atoms. The van der Waals surface area contributed by atoms with E-state index in [0.29, 0.717) is 0 Å². The zero-order valence-electron chi connectivity index (χ0n) is 7.68. The van der Waals surface area contributed by atoms with Crippen molar-refractivity contribution in [3.63, 3.8) is 0 Å². The predicted octanol–water partition coefficient (Wildman–Crippen LogP) is -0.964. The first-order valence-electron chi connectivity index (χ1n) is 3.53. The number of ether oxygens (including phenoxy) is 1. The summed E-state index contributed by atoms with van der Waals surface area (Å²) in [6.07, 6.45) is -0.0110. The molecule has 0 aliphatic heterocycles. The van der Waals surface area contributed by atoms with Gasteiger partial charge in [-0.2, -0.15) is 12.1 Å². The molecule has 0 aromatic heterocycles. The molecule has 1 aromatic rings. The molecule has 0 N–H and O–H groups in total. The summed E-state index contributed by atoms with van der Waals surface area (Å²) in [6, 6.07) is 7.24. The molecule has 4 heteroatoms. The van der Waals surface area contributed by atoms with Gasteiger partial charge < -0.3 is 21.7 Å². The Morgan fingerprint density at radius 2 is 2.08 bits per heavy atom. The van der Waals surface area contributed by atoms with Crippen molar-refractivity contribution in [1.82, 2.24) is 0 Å². The molecule has 1 aromatic carbocycles. The molecule has 0 aliphatic carbocycles. The molecule has 1 rings (SSSR count). The largest absolute Gasteiger partial charge is 2.00 e. The third kappa shape index (κ3) is 5.49. The summed E-state index contributed by atoms with van der Waals surface area (Å²) in [5, 5.41) is 0. The Labute approximate surface area is 105 Å². The van der Waals surface area contributed by atoms with Crippen LogP contribution in [-0.2, 0) is 0 Å². The van der Waals surface area contributed by atoms with E-state index in [2.05, 4.69) is 6.07 Å². The zero-order valence-corrected chi connectivity index (χ0v) is 10.7. The van der Waals surface area contributed by atoms with E-state index in [-0.39, 0.29) is 57.7 Å².